The average Bonchev–Trinajstić information content (AvgIpc) is 3.17. The van der Waals surface area contributed by atoms with Crippen molar-refractivity contribution < 1.29 is 0 Å². The van der Waals surface area contributed by atoms with Crippen LogP contribution in [0.25, 0.3) is 0 Å². The molecule has 2 aromatic heterocycles. The Morgan fingerprint density at radius 2 is 2.05 bits per heavy atom. The Bertz CT molecular complexity index is 715. The number of imidazole rings is 1. The van der Waals surface area contributed by atoms with Gasteiger partial charge in [-0.3, -0.25) is 0 Å². The van der Waals surface area contributed by atoms with E-state index in [1.807, 2.05) is 35.4 Å². The van der Waals surface area contributed by atoms with Crippen LogP contribution in [0.4, 0.5) is 5.82 Å². The van der Waals surface area contributed by atoms with E-state index in [1.54, 1.807) is 6.20 Å². The van der Waals surface area contributed by atoms with E-state index >= 15 is 0 Å². The minimum atomic E-state index is 0.153. The summed E-state index contributed by atoms with van der Waals surface area (Å²) in [6.45, 7) is 0.759. The van der Waals surface area contributed by atoms with Crippen molar-refractivity contribution in [3.05, 3.63) is 60.3 Å². The molecule has 0 saturated heterocycles. The van der Waals surface area contributed by atoms with E-state index in [1.165, 1.54) is 5.56 Å². The van der Waals surface area contributed by atoms with E-state index < -0.39 is 0 Å². The fraction of sp³-hybridized carbons (Fsp3) is 0.214. The van der Waals surface area contributed by atoms with Crippen LogP contribution < -0.4 is 5.73 Å². The van der Waals surface area contributed by atoms with Crippen molar-refractivity contribution in [1.82, 2.24) is 24.5 Å². The Kier molecular flexibility index (Phi) is 2.35. The molecule has 1 aromatic carbocycles. The molecule has 0 aliphatic carbocycles. The van der Waals surface area contributed by atoms with Gasteiger partial charge in [0.1, 0.15) is 0 Å². The first-order valence-corrected chi connectivity index (χ1v) is 6.56. The molecule has 0 amide bonds. The second kappa shape index (κ2) is 4.19. The lowest BCUT2D eigenvalue weighted by atomic mass is 9.91. The van der Waals surface area contributed by atoms with Crippen LogP contribution in [0.1, 0.15) is 23.2 Å². The molecule has 1 aliphatic rings. The number of hydrogen-bond acceptors (Lipinski definition) is 4. The van der Waals surface area contributed by atoms with E-state index in [9.17, 15) is 0 Å². The normalized spacial score (nSPS) is 21.0. The van der Waals surface area contributed by atoms with E-state index in [0.717, 1.165) is 12.2 Å². The minimum absolute atomic E-state index is 0.153. The summed E-state index contributed by atoms with van der Waals surface area (Å²) >= 11 is 0. The number of anilines is 1. The lowest BCUT2D eigenvalue weighted by Crippen LogP contribution is -2.15. The zero-order valence-corrected chi connectivity index (χ0v) is 10.8. The third-order valence-electron chi connectivity index (χ3n) is 3.91. The van der Waals surface area contributed by atoms with Crippen molar-refractivity contribution in [2.45, 2.75) is 18.5 Å². The summed E-state index contributed by atoms with van der Waals surface area (Å²) in [5, 5.41) is 8.14. The Balaban J connectivity index is 1.87. The first kappa shape index (κ1) is 11.2. The molecule has 2 N–H and O–H groups in total. The highest BCUT2D eigenvalue weighted by atomic mass is 15.5. The average molecular weight is 266 g/mol. The van der Waals surface area contributed by atoms with Gasteiger partial charge in [0, 0.05) is 12.4 Å². The number of nitrogens with zero attached hydrogens (tertiary/aromatic N) is 5. The summed E-state index contributed by atoms with van der Waals surface area (Å²) in [5.74, 6) is 0.668. The minimum Gasteiger partial charge on any atom is -0.381 e. The lowest BCUT2D eigenvalue weighted by Gasteiger charge is -2.20. The fourth-order valence-electron chi connectivity index (χ4n) is 3.03. The van der Waals surface area contributed by atoms with Gasteiger partial charge in [-0.15, -0.1) is 5.10 Å². The van der Waals surface area contributed by atoms with Crippen LogP contribution in [0.15, 0.2) is 49.1 Å². The zero-order chi connectivity index (χ0) is 13.5. The van der Waals surface area contributed by atoms with Gasteiger partial charge in [-0.25, -0.2) is 9.67 Å². The number of aromatic nitrogens is 5. The molecule has 4 rings (SSSR count). The van der Waals surface area contributed by atoms with Gasteiger partial charge in [0.2, 0.25) is 0 Å². The maximum Gasteiger partial charge on any atom is 0.169 e. The van der Waals surface area contributed by atoms with E-state index in [0.29, 0.717) is 5.82 Å². The Morgan fingerprint density at radius 1 is 1.20 bits per heavy atom. The molecule has 3 aromatic rings. The molecule has 6 nitrogen and oxygen atoms in total. The van der Waals surface area contributed by atoms with Crippen LogP contribution in [0.5, 0.6) is 0 Å². The number of nitrogen functional groups attached to an aromatic ring is 1. The maximum absolute atomic E-state index is 6.02. The van der Waals surface area contributed by atoms with Gasteiger partial charge in [-0.2, -0.15) is 0 Å². The molecule has 0 saturated carbocycles. The summed E-state index contributed by atoms with van der Waals surface area (Å²) in [4.78, 5) is 4.15. The van der Waals surface area contributed by atoms with Gasteiger partial charge >= 0.3 is 0 Å². The van der Waals surface area contributed by atoms with Crippen LogP contribution in [0, 0.1) is 0 Å². The molecular weight excluding hydrogens is 252 g/mol. The van der Waals surface area contributed by atoms with Crippen molar-refractivity contribution in [3.8, 4) is 0 Å². The van der Waals surface area contributed by atoms with Crippen LogP contribution in [-0.2, 0) is 6.54 Å². The quantitative estimate of drug-likeness (QED) is 0.761. The first-order chi connectivity index (χ1) is 9.84. The zero-order valence-electron chi connectivity index (χ0n) is 10.8. The van der Waals surface area contributed by atoms with Crippen LogP contribution in [0.3, 0.4) is 0 Å². The molecular formula is C14H14N6. The Hall–Kier alpha value is -2.63. The largest absolute Gasteiger partial charge is 0.381 e. The van der Waals surface area contributed by atoms with Crippen LogP contribution in [0.2, 0.25) is 0 Å². The van der Waals surface area contributed by atoms with Gasteiger partial charge in [0.15, 0.2) is 5.82 Å². The molecule has 0 radical (unpaired) electrons. The third kappa shape index (κ3) is 1.54. The van der Waals surface area contributed by atoms with E-state index in [-0.39, 0.29) is 12.0 Å². The SMILES string of the molecule is Nc1nnn2c1C(c1ccccc1)C(n1ccnc1)C2. The molecule has 0 fully saturated rings. The number of hydrogen-bond donors (Lipinski definition) is 1. The molecule has 3 heterocycles. The van der Waals surface area contributed by atoms with Gasteiger partial charge in [-0.1, -0.05) is 35.5 Å². The topological polar surface area (TPSA) is 74.5 Å². The summed E-state index contributed by atoms with van der Waals surface area (Å²) in [6, 6.07) is 10.6. The predicted molar refractivity (Wildman–Crippen MR) is 74.0 cm³/mol. The van der Waals surface area contributed by atoms with Gasteiger partial charge in [0.25, 0.3) is 0 Å². The van der Waals surface area contributed by atoms with E-state index in [4.69, 9.17) is 5.73 Å². The van der Waals surface area contributed by atoms with Gasteiger partial charge in [-0.05, 0) is 5.56 Å². The van der Waals surface area contributed by atoms with Crippen molar-refractivity contribution in [2.75, 3.05) is 5.73 Å². The fourth-order valence-corrected chi connectivity index (χ4v) is 3.03. The Morgan fingerprint density at radius 3 is 2.80 bits per heavy atom. The third-order valence-corrected chi connectivity index (χ3v) is 3.91. The number of fused-ring (bicyclic) bond motifs is 1. The molecule has 1 aliphatic heterocycles. The number of benzene rings is 1. The summed E-state index contributed by atoms with van der Waals surface area (Å²) < 4.78 is 4.02. The molecule has 6 heteroatoms. The second-order valence-corrected chi connectivity index (χ2v) is 5.01. The smallest absolute Gasteiger partial charge is 0.169 e. The van der Waals surface area contributed by atoms with Crippen molar-refractivity contribution in [1.29, 1.82) is 0 Å². The lowest BCUT2D eigenvalue weighted by molar-refractivity contribution is 0.434. The Labute approximate surface area is 115 Å². The predicted octanol–water partition coefficient (Wildman–Crippen LogP) is 1.44. The van der Waals surface area contributed by atoms with Gasteiger partial charge in [0.05, 0.1) is 30.5 Å². The molecule has 100 valence electrons. The highest BCUT2D eigenvalue weighted by Gasteiger charge is 2.38. The molecule has 2 unspecified atom stereocenters. The second-order valence-electron chi connectivity index (χ2n) is 5.01. The molecule has 0 bridgehead atoms. The summed E-state index contributed by atoms with van der Waals surface area (Å²) in [7, 11) is 0. The monoisotopic (exact) mass is 266 g/mol. The van der Waals surface area contributed by atoms with Crippen LogP contribution in [-0.4, -0.2) is 24.5 Å². The maximum atomic E-state index is 6.02. The number of nitrogens with two attached hydrogens (primary N) is 1. The van der Waals surface area contributed by atoms with Crippen molar-refractivity contribution in [2.24, 2.45) is 0 Å². The molecule has 20 heavy (non-hydrogen) atoms. The first-order valence-electron chi connectivity index (χ1n) is 6.56. The highest BCUT2D eigenvalue weighted by molar-refractivity contribution is 5.44. The highest BCUT2D eigenvalue weighted by Crippen LogP contribution is 2.43. The standard InChI is InChI=1S/C14H14N6/c15-14-13-12(10-4-2-1-3-5-10)11(8-20(13)18-17-14)19-7-6-16-9-19/h1-7,9,11-12H,8,15H2. The summed E-state index contributed by atoms with van der Waals surface area (Å²) in [5.41, 5.74) is 8.23. The van der Waals surface area contributed by atoms with Crippen molar-refractivity contribution in [3.63, 3.8) is 0 Å². The number of rotatable bonds is 2. The van der Waals surface area contributed by atoms with Gasteiger partial charge < -0.3 is 10.3 Å². The van der Waals surface area contributed by atoms with Crippen molar-refractivity contribution >= 4 is 5.82 Å². The van der Waals surface area contributed by atoms with Crippen LogP contribution >= 0.6 is 0 Å². The molecule has 2 atom stereocenters. The summed E-state index contributed by atoms with van der Waals surface area (Å²) in [6.07, 6.45) is 5.62. The van der Waals surface area contributed by atoms with E-state index in [2.05, 4.69) is 32.0 Å². The molecule has 0 spiro atoms.